The summed E-state index contributed by atoms with van der Waals surface area (Å²) in [7, 11) is 0. The number of nitrogens with two attached hydrogens (primary N) is 1. The summed E-state index contributed by atoms with van der Waals surface area (Å²) < 4.78 is 0. The Morgan fingerprint density at radius 1 is 1.42 bits per heavy atom. The van der Waals surface area contributed by atoms with Crippen molar-refractivity contribution in [1.82, 2.24) is 0 Å². The minimum Gasteiger partial charge on any atom is -0.508 e. The van der Waals surface area contributed by atoms with Crippen molar-refractivity contribution >= 4 is 22.9 Å². The molecule has 4 nitrogen and oxygen atoms in total. The van der Waals surface area contributed by atoms with Gasteiger partial charge in [-0.2, -0.15) is 0 Å². The van der Waals surface area contributed by atoms with Crippen molar-refractivity contribution in [1.29, 1.82) is 0 Å². The summed E-state index contributed by atoms with van der Waals surface area (Å²) in [5, 5.41) is 11.4. The average molecular weight is 276 g/mol. The Hall–Kier alpha value is -1.85. The largest absolute Gasteiger partial charge is 0.508 e. The van der Waals surface area contributed by atoms with E-state index in [4.69, 9.17) is 5.73 Å². The van der Waals surface area contributed by atoms with Crippen molar-refractivity contribution in [3.05, 3.63) is 46.7 Å². The van der Waals surface area contributed by atoms with Gasteiger partial charge in [-0.1, -0.05) is 12.1 Å². The maximum Gasteiger partial charge on any atom is 0.249 e. The number of hydrogen-bond acceptors (Lipinski definition) is 4. The van der Waals surface area contributed by atoms with Gasteiger partial charge in [-0.05, 0) is 30.5 Å². The molecule has 5 heteroatoms. The van der Waals surface area contributed by atoms with Crippen LogP contribution in [0.3, 0.4) is 0 Å². The normalized spacial score (nSPS) is 12.1. The van der Waals surface area contributed by atoms with E-state index in [1.807, 2.05) is 24.4 Å². The number of aromatic hydroxyl groups is 1. The number of nitrogens with zero attached hydrogens (tertiary/aromatic N) is 1. The van der Waals surface area contributed by atoms with Gasteiger partial charge in [-0.3, -0.25) is 4.79 Å². The molecule has 1 heterocycles. The summed E-state index contributed by atoms with van der Waals surface area (Å²) >= 11 is 1.46. The number of phenolic OH excluding ortho intramolecular Hbond substituents is 1. The van der Waals surface area contributed by atoms with Gasteiger partial charge in [0.15, 0.2) is 0 Å². The third-order valence-electron chi connectivity index (χ3n) is 2.84. The highest BCUT2D eigenvalue weighted by atomic mass is 32.1. The Labute approximate surface area is 116 Å². The van der Waals surface area contributed by atoms with E-state index in [2.05, 4.69) is 0 Å². The summed E-state index contributed by atoms with van der Waals surface area (Å²) in [4.78, 5) is 14.8. The minimum atomic E-state index is -0.665. The highest BCUT2D eigenvalue weighted by molar-refractivity contribution is 7.10. The highest BCUT2D eigenvalue weighted by Gasteiger charge is 2.23. The van der Waals surface area contributed by atoms with Gasteiger partial charge in [-0.25, -0.2) is 0 Å². The van der Waals surface area contributed by atoms with Crippen molar-refractivity contribution in [2.45, 2.75) is 13.0 Å². The van der Waals surface area contributed by atoms with E-state index in [0.717, 1.165) is 4.88 Å². The van der Waals surface area contributed by atoms with E-state index in [1.54, 1.807) is 29.2 Å². The second-order valence-electron chi connectivity index (χ2n) is 4.10. The number of carbonyl (C=O) groups excluding carboxylic acids is 1. The molecule has 0 aliphatic heterocycles. The van der Waals surface area contributed by atoms with Crippen molar-refractivity contribution in [2.75, 3.05) is 11.4 Å². The second kappa shape index (κ2) is 5.86. The lowest BCUT2D eigenvalue weighted by molar-refractivity contribution is -0.119. The van der Waals surface area contributed by atoms with Crippen LogP contribution in [0, 0.1) is 0 Å². The third kappa shape index (κ3) is 2.94. The molecule has 2 aromatic rings. The average Bonchev–Trinajstić information content (AvgIpc) is 2.92. The molecule has 1 unspecified atom stereocenters. The Morgan fingerprint density at radius 3 is 2.79 bits per heavy atom. The van der Waals surface area contributed by atoms with E-state index >= 15 is 0 Å². The predicted molar refractivity (Wildman–Crippen MR) is 77.4 cm³/mol. The summed E-state index contributed by atoms with van der Waals surface area (Å²) in [5.74, 6) is -0.0380. The molecule has 3 N–H and O–H groups in total. The van der Waals surface area contributed by atoms with Gasteiger partial charge in [0.05, 0.1) is 0 Å². The van der Waals surface area contributed by atoms with E-state index < -0.39 is 6.04 Å². The number of carbonyl (C=O) groups is 1. The van der Waals surface area contributed by atoms with Crippen LogP contribution in [0.25, 0.3) is 0 Å². The first-order valence-electron chi connectivity index (χ1n) is 6.03. The van der Waals surface area contributed by atoms with Crippen LogP contribution in [0.5, 0.6) is 5.75 Å². The molecule has 0 fully saturated rings. The molecule has 2 rings (SSSR count). The molecule has 0 aliphatic rings. The van der Waals surface area contributed by atoms with Gasteiger partial charge >= 0.3 is 0 Å². The Morgan fingerprint density at radius 2 is 2.21 bits per heavy atom. The van der Waals surface area contributed by atoms with Crippen molar-refractivity contribution in [3.63, 3.8) is 0 Å². The zero-order valence-electron chi connectivity index (χ0n) is 10.6. The van der Waals surface area contributed by atoms with Crippen LogP contribution in [-0.4, -0.2) is 17.6 Å². The molecule has 1 aromatic carbocycles. The van der Waals surface area contributed by atoms with E-state index in [9.17, 15) is 9.90 Å². The molecular formula is C14H16N2O2S. The zero-order chi connectivity index (χ0) is 13.8. The maximum absolute atomic E-state index is 12.4. The number of hydrogen-bond donors (Lipinski definition) is 2. The van der Waals surface area contributed by atoms with E-state index in [1.165, 1.54) is 11.3 Å². The van der Waals surface area contributed by atoms with Gasteiger partial charge in [-0.15, -0.1) is 11.3 Å². The maximum atomic E-state index is 12.4. The Bertz CT molecular complexity index is 554. The Balaban J connectivity index is 2.25. The molecular weight excluding hydrogens is 260 g/mol. The molecule has 1 amide bonds. The smallest absolute Gasteiger partial charge is 0.249 e. The SMILES string of the molecule is CCN(C(=O)C(N)c1cccs1)c1cccc(O)c1. The van der Waals surface area contributed by atoms with Gasteiger partial charge < -0.3 is 15.7 Å². The van der Waals surface area contributed by atoms with Gasteiger partial charge in [0.2, 0.25) is 5.91 Å². The van der Waals surface area contributed by atoms with Gasteiger partial charge in [0, 0.05) is 23.2 Å². The van der Waals surface area contributed by atoms with E-state index in [-0.39, 0.29) is 11.7 Å². The Kier molecular flexibility index (Phi) is 4.19. The molecule has 1 atom stereocenters. The number of likely N-dealkylation sites (N-methyl/N-ethyl adjacent to an activating group) is 1. The van der Waals surface area contributed by atoms with Crippen molar-refractivity contribution in [2.24, 2.45) is 5.73 Å². The number of benzene rings is 1. The topological polar surface area (TPSA) is 66.6 Å². The number of anilines is 1. The minimum absolute atomic E-state index is 0.133. The van der Waals surface area contributed by atoms with Crippen LogP contribution in [0.2, 0.25) is 0 Å². The van der Waals surface area contributed by atoms with E-state index in [0.29, 0.717) is 12.2 Å². The van der Waals surface area contributed by atoms with Crippen LogP contribution in [0.15, 0.2) is 41.8 Å². The summed E-state index contributed by atoms with van der Waals surface area (Å²) in [6.45, 7) is 2.38. The predicted octanol–water partition coefficient (Wildman–Crippen LogP) is 2.51. The first-order valence-corrected chi connectivity index (χ1v) is 6.91. The third-order valence-corrected chi connectivity index (χ3v) is 3.79. The molecule has 100 valence electrons. The first-order chi connectivity index (χ1) is 9.13. The zero-order valence-corrected chi connectivity index (χ0v) is 11.4. The first kappa shape index (κ1) is 13.6. The van der Waals surface area contributed by atoms with Crippen molar-refractivity contribution < 1.29 is 9.90 Å². The van der Waals surface area contributed by atoms with Crippen LogP contribution < -0.4 is 10.6 Å². The molecule has 0 saturated carbocycles. The number of amides is 1. The lowest BCUT2D eigenvalue weighted by atomic mass is 10.2. The number of thiophene rings is 1. The van der Waals surface area contributed by atoms with Crippen LogP contribution in [0.4, 0.5) is 5.69 Å². The summed E-state index contributed by atoms with van der Waals surface area (Å²) in [6.07, 6.45) is 0. The van der Waals surface area contributed by atoms with Crippen LogP contribution in [-0.2, 0) is 4.79 Å². The summed E-state index contributed by atoms with van der Waals surface area (Å²) in [6, 6.07) is 9.67. The molecule has 19 heavy (non-hydrogen) atoms. The lowest BCUT2D eigenvalue weighted by Crippen LogP contribution is -2.38. The van der Waals surface area contributed by atoms with Crippen molar-refractivity contribution in [3.8, 4) is 5.75 Å². The quantitative estimate of drug-likeness (QED) is 0.901. The molecule has 0 radical (unpaired) electrons. The van der Waals surface area contributed by atoms with Crippen LogP contribution in [0.1, 0.15) is 17.8 Å². The number of rotatable bonds is 4. The summed E-state index contributed by atoms with van der Waals surface area (Å²) in [5.41, 5.74) is 6.64. The number of phenols is 1. The fraction of sp³-hybridized carbons (Fsp3) is 0.214. The fourth-order valence-electron chi connectivity index (χ4n) is 1.88. The fourth-order valence-corrected chi connectivity index (χ4v) is 2.60. The second-order valence-corrected chi connectivity index (χ2v) is 5.07. The molecule has 0 spiro atoms. The lowest BCUT2D eigenvalue weighted by Gasteiger charge is -2.24. The molecule has 0 bridgehead atoms. The molecule has 0 saturated heterocycles. The van der Waals surface area contributed by atoms with Gasteiger partial charge in [0.1, 0.15) is 11.8 Å². The molecule has 1 aromatic heterocycles. The monoisotopic (exact) mass is 276 g/mol. The molecule has 0 aliphatic carbocycles. The van der Waals surface area contributed by atoms with Crippen LogP contribution >= 0.6 is 11.3 Å². The highest BCUT2D eigenvalue weighted by Crippen LogP contribution is 2.24. The van der Waals surface area contributed by atoms with Gasteiger partial charge in [0.25, 0.3) is 0 Å². The standard InChI is InChI=1S/C14H16N2O2S/c1-2-16(10-5-3-6-11(17)9-10)14(18)13(15)12-7-4-8-19-12/h3-9,13,17H,2,15H2,1H3.